The molecule has 1 aromatic rings. The minimum atomic E-state index is -0.579. The molecule has 1 fully saturated rings. The van der Waals surface area contributed by atoms with Gasteiger partial charge in [0.25, 0.3) is 0 Å². The maximum atomic E-state index is 12.0. The van der Waals surface area contributed by atoms with E-state index in [1.165, 1.54) is 6.33 Å². The highest BCUT2D eigenvalue weighted by molar-refractivity contribution is 5.81. The zero-order valence-electron chi connectivity index (χ0n) is 13.5. The van der Waals surface area contributed by atoms with Gasteiger partial charge in [-0.3, -0.25) is 9.69 Å². The lowest BCUT2D eigenvalue weighted by atomic mass is 10.1. The van der Waals surface area contributed by atoms with Gasteiger partial charge >= 0.3 is 6.09 Å². The molecular weight excluding hydrogens is 298 g/mol. The Balaban J connectivity index is 1.94. The average molecular weight is 321 g/mol. The molecule has 0 radical (unpaired) electrons. The van der Waals surface area contributed by atoms with Crippen molar-refractivity contribution in [1.82, 2.24) is 19.8 Å². The van der Waals surface area contributed by atoms with Crippen molar-refractivity contribution in [3.8, 4) is 0 Å². The van der Waals surface area contributed by atoms with Crippen LogP contribution in [-0.2, 0) is 9.53 Å². The van der Waals surface area contributed by atoms with Crippen LogP contribution < -0.4 is 5.73 Å². The molecule has 0 aliphatic carbocycles. The molecule has 2 N–H and O–H groups in total. The van der Waals surface area contributed by atoms with Crippen molar-refractivity contribution in [3.63, 3.8) is 0 Å². The van der Waals surface area contributed by atoms with Crippen LogP contribution in [0.25, 0.3) is 0 Å². The van der Waals surface area contributed by atoms with Gasteiger partial charge in [-0.25, -0.2) is 14.8 Å². The normalized spacial score (nSPS) is 17.1. The molecule has 1 saturated heterocycles. The van der Waals surface area contributed by atoms with Gasteiger partial charge in [0, 0.05) is 44.1 Å². The van der Waals surface area contributed by atoms with Crippen molar-refractivity contribution in [1.29, 1.82) is 0 Å². The van der Waals surface area contributed by atoms with Gasteiger partial charge in [-0.15, -0.1) is 0 Å². The Morgan fingerprint density at radius 1 is 1.22 bits per heavy atom. The number of nitrogens with zero attached hydrogens (tertiary/aromatic N) is 4. The maximum Gasteiger partial charge on any atom is 0.409 e. The van der Waals surface area contributed by atoms with Gasteiger partial charge in [-0.05, 0) is 5.92 Å². The first-order valence-electron chi connectivity index (χ1n) is 7.69. The standard InChI is InChI=1S/C15H23N5O3/c1-11(2)9-23-15(22)20-5-3-19(4-6-20)13(14(16)21)12-7-17-10-18-8-12/h7-8,10-11,13H,3-6,9H2,1-2H3,(H2,16,21). The summed E-state index contributed by atoms with van der Waals surface area (Å²) in [5.74, 6) is -0.145. The molecule has 0 aromatic carbocycles. The van der Waals surface area contributed by atoms with Crippen molar-refractivity contribution in [2.75, 3.05) is 32.8 Å². The Bertz CT molecular complexity index is 529. The van der Waals surface area contributed by atoms with Crippen LogP contribution >= 0.6 is 0 Å². The highest BCUT2D eigenvalue weighted by Gasteiger charge is 2.31. The van der Waals surface area contributed by atoms with Crippen LogP contribution in [0.3, 0.4) is 0 Å². The van der Waals surface area contributed by atoms with Crippen molar-refractivity contribution in [3.05, 3.63) is 24.3 Å². The number of ether oxygens (including phenoxy) is 1. The fraction of sp³-hybridized carbons (Fsp3) is 0.600. The Morgan fingerprint density at radius 2 is 1.83 bits per heavy atom. The van der Waals surface area contributed by atoms with E-state index in [1.54, 1.807) is 17.3 Å². The second kappa shape index (κ2) is 7.87. The lowest BCUT2D eigenvalue weighted by molar-refractivity contribution is -0.124. The lowest BCUT2D eigenvalue weighted by Gasteiger charge is -2.37. The Morgan fingerprint density at radius 3 is 2.35 bits per heavy atom. The highest BCUT2D eigenvalue weighted by Crippen LogP contribution is 2.21. The zero-order valence-corrected chi connectivity index (χ0v) is 13.5. The van der Waals surface area contributed by atoms with Crippen LogP contribution in [-0.4, -0.2) is 64.6 Å². The lowest BCUT2D eigenvalue weighted by Crippen LogP contribution is -2.52. The van der Waals surface area contributed by atoms with Gasteiger partial charge in [-0.1, -0.05) is 13.8 Å². The predicted molar refractivity (Wildman–Crippen MR) is 83.3 cm³/mol. The van der Waals surface area contributed by atoms with Gasteiger partial charge in [0.15, 0.2) is 0 Å². The number of carbonyl (C=O) groups excluding carboxylic acids is 2. The Labute approximate surface area is 135 Å². The number of hydrogen-bond donors (Lipinski definition) is 1. The Hall–Kier alpha value is -2.22. The zero-order chi connectivity index (χ0) is 16.8. The third-order valence-corrected chi connectivity index (χ3v) is 3.64. The van der Waals surface area contributed by atoms with Gasteiger partial charge in [0.1, 0.15) is 12.4 Å². The number of carbonyl (C=O) groups is 2. The molecule has 1 aromatic heterocycles. The van der Waals surface area contributed by atoms with Gasteiger partial charge in [0.05, 0.1) is 6.61 Å². The van der Waals surface area contributed by atoms with E-state index in [1.807, 2.05) is 18.7 Å². The summed E-state index contributed by atoms with van der Waals surface area (Å²) in [6, 6.07) is -0.579. The summed E-state index contributed by atoms with van der Waals surface area (Å²) in [5.41, 5.74) is 6.20. The largest absolute Gasteiger partial charge is 0.449 e. The van der Waals surface area contributed by atoms with Crippen molar-refractivity contribution in [2.45, 2.75) is 19.9 Å². The van der Waals surface area contributed by atoms with Gasteiger partial charge in [0.2, 0.25) is 5.91 Å². The minimum absolute atomic E-state index is 0.303. The van der Waals surface area contributed by atoms with Gasteiger partial charge in [-0.2, -0.15) is 0 Å². The fourth-order valence-corrected chi connectivity index (χ4v) is 2.50. The number of nitrogens with two attached hydrogens (primary N) is 1. The highest BCUT2D eigenvalue weighted by atomic mass is 16.6. The first-order valence-corrected chi connectivity index (χ1v) is 7.69. The van der Waals surface area contributed by atoms with E-state index in [0.29, 0.717) is 44.3 Å². The van der Waals surface area contributed by atoms with Crippen LogP contribution in [0.2, 0.25) is 0 Å². The number of aromatic nitrogens is 2. The molecule has 0 bridgehead atoms. The molecule has 8 heteroatoms. The SMILES string of the molecule is CC(C)COC(=O)N1CCN(C(C(N)=O)c2cncnc2)CC1. The molecule has 2 rings (SSSR count). The summed E-state index contributed by atoms with van der Waals surface area (Å²) < 4.78 is 5.23. The number of piperazine rings is 1. The number of amides is 2. The predicted octanol–water partition coefficient (Wildman–Crippen LogP) is 0.413. The van der Waals surface area contributed by atoms with Crippen LogP contribution in [0.15, 0.2) is 18.7 Å². The average Bonchev–Trinajstić information content (AvgIpc) is 2.54. The Kier molecular flexibility index (Phi) is 5.86. The van der Waals surface area contributed by atoms with Crippen LogP contribution in [0.4, 0.5) is 4.79 Å². The second-order valence-corrected chi connectivity index (χ2v) is 5.97. The van der Waals surface area contributed by atoms with E-state index in [0.717, 1.165) is 0 Å². The summed E-state index contributed by atoms with van der Waals surface area (Å²) in [7, 11) is 0. The number of hydrogen-bond acceptors (Lipinski definition) is 6. The van der Waals surface area contributed by atoms with Crippen molar-refractivity contribution >= 4 is 12.0 Å². The molecule has 1 aliphatic rings. The van der Waals surface area contributed by atoms with Crippen LogP contribution in [0.5, 0.6) is 0 Å². The molecular formula is C15H23N5O3. The summed E-state index contributed by atoms with van der Waals surface area (Å²) in [5, 5.41) is 0. The summed E-state index contributed by atoms with van der Waals surface area (Å²) in [6.45, 7) is 6.46. The molecule has 23 heavy (non-hydrogen) atoms. The molecule has 8 nitrogen and oxygen atoms in total. The van der Waals surface area contributed by atoms with Crippen molar-refractivity contribution < 1.29 is 14.3 Å². The summed E-state index contributed by atoms with van der Waals surface area (Å²) in [6.07, 6.45) is 4.28. The molecule has 2 amide bonds. The quantitative estimate of drug-likeness (QED) is 0.843. The van der Waals surface area contributed by atoms with Crippen LogP contribution in [0, 0.1) is 5.92 Å². The molecule has 1 unspecified atom stereocenters. The van der Waals surface area contributed by atoms with Crippen LogP contribution in [0.1, 0.15) is 25.5 Å². The fourth-order valence-electron chi connectivity index (χ4n) is 2.50. The van der Waals surface area contributed by atoms with E-state index < -0.39 is 11.9 Å². The molecule has 1 atom stereocenters. The van der Waals surface area contributed by atoms with E-state index in [2.05, 4.69) is 9.97 Å². The first-order chi connectivity index (χ1) is 11.0. The monoisotopic (exact) mass is 321 g/mol. The second-order valence-electron chi connectivity index (χ2n) is 5.97. The van der Waals surface area contributed by atoms with Gasteiger partial charge < -0.3 is 15.4 Å². The molecule has 0 spiro atoms. The first kappa shape index (κ1) is 17.1. The van der Waals surface area contributed by atoms with E-state index >= 15 is 0 Å². The smallest absolute Gasteiger partial charge is 0.409 e. The summed E-state index contributed by atoms with van der Waals surface area (Å²) >= 11 is 0. The summed E-state index contributed by atoms with van der Waals surface area (Å²) in [4.78, 5) is 35.2. The maximum absolute atomic E-state index is 12.0. The molecule has 126 valence electrons. The topological polar surface area (TPSA) is 102 Å². The third kappa shape index (κ3) is 4.62. The van der Waals surface area contributed by atoms with E-state index in [9.17, 15) is 9.59 Å². The van der Waals surface area contributed by atoms with Crippen molar-refractivity contribution in [2.24, 2.45) is 11.7 Å². The van der Waals surface area contributed by atoms with E-state index in [-0.39, 0.29) is 6.09 Å². The molecule has 0 saturated carbocycles. The third-order valence-electron chi connectivity index (χ3n) is 3.64. The minimum Gasteiger partial charge on any atom is -0.449 e. The molecule has 2 heterocycles. The van der Waals surface area contributed by atoms with E-state index in [4.69, 9.17) is 10.5 Å². The number of rotatable bonds is 5. The molecule has 1 aliphatic heterocycles. The number of primary amides is 1.